The second-order valence-corrected chi connectivity index (χ2v) is 8.14. The lowest BCUT2D eigenvalue weighted by atomic mass is 10.1. The molecule has 0 aliphatic carbocycles. The molecule has 1 unspecified atom stereocenters. The summed E-state index contributed by atoms with van der Waals surface area (Å²) >= 11 is 0. The Morgan fingerprint density at radius 2 is 2.07 bits per heavy atom. The molecule has 2 atom stereocenters. The lowest BCUT2D eigenvalue weighted by Crippen LogP contribution is -2.50. The van der Waals surface area contributed by atoms with Crippen LogP contribution >= 0.6 is 0 Å². The number of piperazine rings is 1. The van der Waals surface area contributed by atoms with Crippen LogP contribution in [0.4, 0.5) is 5.82 Å². The van der Waals surface area contributed by atoms with Crippen LogP contribution in [-0.2, 0) is 6.54 Å². The Balaban J connectivity index is 1.29. The van der Waals surface area contributed by atoms with Gasteiger partial charge in [0.25, 0.3) is 0 Å². The van der Waals surface area contributed by atoms with Gasteiger partial charge in [-0.1, -0.05) is 17.3 Å². The molecule has 9 heteroatoms. The Labute approximate surface area is 173 Å². The molecule has 2 saturated heterocycles. The fourth-order valence-corrected chi connectivity index (χ4v) is 4.63. The van der Waals surface area contributed by atoms with Crippen LogP contribution in [0.25, 0.3) is 22.2 Å². The Morgan fingerprint density at radius 3 is 3.03 bits per heavy atom. The summed E-state index contributed by atoms with van der Waals surface area (Å²) in [6.07, 6.45) is 4.19. The van der Waals surface area contributed by atoms with Gasteiger partial charge < -0.3 is 10.0 Å². The van der Waals surface area contributed by atoms with Crippen LogP contribution in [0.5, 0.6) is 0 Å². The van der Waals surface area contributed by atoms with E-state index >= 15 is 0 Å². The largest absolute Gasteiger partial charge is 0.392 e. The van der Waals surface area contributed by atoms with Gasteiger partial charge in [-0.3, -0.25) is 9.88 Å². The number of benzene rings is 1. The first kappa shape index (κ1) is 17.7. The van der Waals surface area contributed by atoms with Gasteiger partial charge in [0.15, 0.2) is 5.65 Å². The van der Waals surface area contributed by atoms with Crippen molar-refractivity contribution in [3.8, 4) is 0 Å². The minimum absolute atomic E-state index is 0.216. The van der Waals surface area contributed by atoms with Gasteiger partial charge in [-0.2, -0.15) is 0 Å². The Bertz CT molecular complexity index is 1220. The Morgan fingerprint density at radius 1 is 1.10 bits per heavy atom. The van der Waals surface area contributed by atoms with E-state index in [9.17, 15) is 5.11 Å². The second-order valence-electron chi connectivity index (χ2n) is 8.14. The van der Waals surface area contributed by atoms with Crippen LogP contribution in [0, 0.1) is 0 Å². The summed E-state index contributed by atoms with van der Waals surface area (Å²) in [5.41, 5.74) is 3.33. The highest BCUT2D eigenvalue weighted by Crippen LogP contribution is 2.25. The lowest BCUT2D eigenvalue weighted by molar-refractivity contribution is 0.173. The fourth-order valence-electron chi connectivity index (χ4n) is 4.63. The molecule has 0 amide bonds. The molecular weight excluding hydrogens is 380 g/mol. The molecule has 4 aromatic rings. The van der Waals surface area contributed by atoms with E-state index < -0.39 is 0 Å². The van der Waals surface area contributed by atoms with Gasteiger partial charge >= 0.3 is 0 Å². The molecule has 30 heavy (non-hydrogen) atoms. The molecule has 9 nitrogen and oxygen atoms in total. The molecule has 2 fully saturated rings. The predicted octanol–water partition coefficient (Wildman–Crippen LogP) is 1.07. The number of aliphatic hydroxyl groups is 1. The van der Waals surface area contributed by atoms with E-state index in [2.05, 4.69) is 48.3 Å². The zero-order valence-corrected chi connectivity index (χ0v) is 16.5. The number of nitrogens with zero attached hydrogens (tertiary/aromatic N) is 8. The zero-order valence-electron chi connectivity index (χ0n) is 16.5. The number of aliphatic hydroxyl groups excluding tert-OH is 1. The molecular formula is C21H22N8O. The quantitative estimate of drug-likeness (QED) is 0.544. The number of aromatic nitrogens is 6. The molecule has 5 heterocycles. The maximum absolute atomic E-state index is 9.96. The number of hydrogen-bond acceptors (Lipinski definition) is 8. The number of hydrogen-bond donors (Lipinski definition) is 1. The van der Waals surface area contributed by atoms with E-state index in [-0.39, 0.29) is 6.10 Å². The second kappa shape index (κ2) is 6.96. The van der Waals surface area contributed by atoms with Crippen LogP contribution in [0.3, 0.4) is 0 Å². The van der Waals surface area contributed by atoms with E-state index in [0.717, 1.165) is 54.9 Å². The number of fused-ring (bicyclic) bond motifs is 3. The summed E-state index contributed by atoms with van der Waals surface area (Å²) in [4.78, 5) is 18.4. The van der Waals surface area contributed by atoms with E-state index in [1.165, 1.54) is 0 Å². The molecule has 6 rings (SSSR count). The van der Waals surface area contributed by atoms with E-state index in [1.54, 1.807) is 17.1 Å². The summed E-state index contributed by atoms with van der Waals surface area (Å²) in [6.45, 7) is 4.02. The van der Waals surface area contributed by atoms with Crippen molar-refractivity contribution in [2.45, 2.75) is 25.1 Å². The SMILES string of the molecule is O[C@@H]1CC2CN(c3cnc4nnn(Cc5ccc6ncccc6c5)c4n3)CCN2C1. The molecule has 2 aliphatic rings. The van der Waals surface area contributed by atoms with Crippen molar-refractivity contribution in [2.24, 2.45) is 0 Å². The van der Waals surface area contributed by atoms with Crippen LogP contribution in [-0.4, -0.2) is 78.3 Å². The summed E-state index contributed by atoms with van der Waals surface area (Å²) in [7, 11) is 0. The maximum Gasteiger partial charge on any atom is 0.221 e. The van der Waals surface area contributed by atoms with Gasteiger partial charge in [0.2, 0.25) is 5.65 Å². The Hall–Kier alpha value is -3.17. The molecule has 0 spiro atoms. The van der Waals surface area contributed by atoms with E-state index in [0.29, 0.717) is 23.9 Å². The van der Waals surface area contributed by atoms with Crippen molar-refractivity contribution in [3.63, 3.8) is 0 Å². The Kier molecular flexibility index (Phi) is 4.10. The molecule has 2 aliphatic heterocycles. The smallest absolute Gasteiger partial charge is 0.221 e. The van der Waals surface area contributed by atoms with Gasteiger partial charge in [0.05, 0.1) is 24.4 Å². The van der Waals surface area contributed by atoms with Gasteiger partial charge in [0, 0.05) is 43.8 Å². The molecule has 3 aromatic heterocycles. The lowest BCUT2D eigenvalue weighted by Gasteiger charge is -2.37. The van der Waals surface area contributed by atoms with Crippen LogP contribution in [0.2, 0.25) is 0 Å². The van der Waals surface area contributed by atoms with E-state index in [4.69, 9.17) is 4.98 Å². The first-order valence-electron chi connectivity index (χ1n) is 10.3. The topological polar surface area (TPSA) is 96.1 Å². The third kappa shape index (κ3) is 3.06. The van der Waals surface area contributed by atoms with Crippen molar-refractivity contribution in [1.29, 1.82) is 0 Å². The van der Waals surface area contributed by atoms with Crippen LogP contribution in [0.1, 0.15) is 12.0 Å². The number of pyridine rings is 1. The summed E-state index contributed by atoms with van der Waals surface area (Å²) in [6, 6.07) is 10.6. The summed E-state index contributed by atoms with van der Waals surface area (Å²) in [5.74, 6) is 0.842. The van der Waals surface area contributed by atoms with Gasteiger partial charge in [0.1, 0.15) is 5.82 Å². The van der Waals surface area contributed by atoms with Crippen molar-refractivity contribution in [3.05, 3.63) is 48.3 Å². The fraction of sp³-hybridized carbons (Fsp3) is 0.381. The van der Waals surface area contributed by atoms with Crippen molar-refractivity contribution in [2.75, 3.05) is 31.1 Å². The zero-order chi connectivity index (χ0) is 20.1. The van der Waals surface area contributed by atoms with Crippen LogP contribution < -0.4 is 4.90 Å². The average molecular weight is 402 g/mol. The first-order chi connectivity index (χ1) is 14.7. The maximum atomic E-state index is 9.96. The van der Waals surface area contributed by atoms with Crippen molar-refractivity contribution < 1.29 is 5.11 Å². The molecule has 0 saturated carbocycles. The van der Waals surface area contributed by atoms with Crippen LogP contribution in [0.15, 0.2) is 42.7 Å². The average Bonchev–Trinajstić information content (AvgIpc) is 3.35. The van der Waals surface area contributed by atoms with Crippen molar-refractivity contribution >= 4 is 28.0 Å². The normalized spacial score (nSPS) is 22.1. The highest BCUT2D eigenvalue weighted by molar-refractivity contribution is 5.79. The third-order valence-corrected chi connectivity index (χ3v) is 6.13. The standard InChI is InChI=1S/C21H22N8O/c30-17-9-16-12-28(7-6-27(16)13-17)19-10-23-20-21(24-19)29(26-25-20)11-14-3-4-18-15(8-14)2-1-5-22-18/h1-5,8,10,16-17,30H,6-7,9,11-13H2/t16?,17-/m1/s1. The highest BCUT2D eigenvalue weighted by atomic mass is 16.3. The first-order valence-corrected chi connectivity index (χ1v) is 10.3. The monoisotopic (exact) mass is 402 g/mol. The summed E-state index contributed by atoms with van der Waals surface area (Å²) in [5, 5.41) is 19.5. The molecule has 1 N–H and O–H groups in total. The summed E-state index contributed by atoms with van der Waals surface area (Å²) < 4.78 is 1.80. The number of anilines is 1. The van der Waals surface area contributed by atoms with Crippen molar-refractivity contribution in [1.82, 2.24) is 34.8 Å². The predicted molar refractivity (Wildman–Crippen MR) is 112 cm³/mol. The molecule has 1 aromatic carbocycles. The van der Waals surface area contributed by atoms with Gasteiger partial charge in [-0.15, -0.1) is 5.10 Å². The molecule has 0 bridgehead atoms. The third-order valence-electron chi connectivity index (χ3n) is 6.13. The number of rotatable bonds is 3. The molecule has 152 valence electrons. The van der Waals surface area contributed by atoms with Gasteiger partial charge in [-0.25, -0.2) is 14.6 Å². The minimum Gasteiger partial charge on any atom is -0.392 e. The highest BCUT2D eigenvalue weighted by Gasteiger charge is 2.35. The molecule has 0 radical (unpaired) electrons. The van der Waals surface area contributed by atoms with E-state index in [1.807, 2.05) is 12.1 Å². The van der Waals surface area contributed by atoms with Gasteiger partial charge in [-0.05, 0) is 30.2 Å². The minimum atomic E-state index is -0.216.